The van der Waals surface area contributed by atoms with Gasteiger partial charge in [-0.25, -0.2) is 8.42 Å². The van der Waals surface area contributed by atoms with Gasteiger partial charge < -0.3 is 19.7 Å². The summed E-state index contributed by atoms with van der Waals surface area (Å²) in [5.74, 6) is -0.0191. The molecule has 0 saturated heterocycles. The molecule has 3 aromatic rings. The summed E-state index contributed by atoms with van der Waals surface area (Å²) in [6.45, 7) is 6.98. The average Bonchev–Trinajstić information content (AvgIpc) is 2.99. The van der Waals surface area contributed by atoms with Crippen molar-refractivity contribution in [2.75, 3.05) is 25.1 Å². The summed E-state index contributed by atoms with van der Waals surface area (Å²) in [7, 11) is -1.31. The molecular formula is C32H40ClN3O6S. The Hall–Kier alpha value is -3.76. The number of methoxy groups -OCH3 is 2. The van der Waals surface area contributed by atoms with Gasteiger partial charge in [0.15, 0.2) is 0 Å². The molecule has 0 heterocycles. The van der Waals surface area contributed by atoms with Crippen LogP contribution in [0.1, 0.15) is 44.7 Å². The Kier molecular flexibility index (Phi) is 11.9. The van der Waals surface area contributed by atoms with E-state index in [1.54, 1.807) is 55.6 Å². The van der Waals surface area contributed by atoms with Gasteiger partial charge in [-0.05, 0) is 74.7 Å². The highest BCUT2D eigenvalue weighted by atomic mass is 35.5. The van der Waals surface area contributed by atoms with Crippen molar-refractivity contribution in [3.8, 4) is 11.5 Å². The van der Waals surface area contributed by atoms with E-state index in [0.717, 1.165) is 15.4 Å². The van der Waals surface area contributed by atoms with E-state index in [1.807, 2.05) is 27.7 Å². The van der Waals surface area contributed by atoms with Gasteiger partial charge in [-0.1, -0.05) is 55.3 Å². The third-order valence-electron chi connectivity index (χ3n) is 7.20. The summed E-state index contributed by atoms with van der Waals surface area (Å²) in [5, 5.41) is 3.24. The number of carbonyl (C=O) groups is 2. The molecule has 2 atom stereocenters. The molecule has 0 fully saturated rings. The normalized spacial score (nSPS) is 12.6. The zero-order chi connectivity index (χ0) is 31.7. The van der Waals surface area contributed by atoms with Crippen LogP contribution in [0, 0.1) is 6.92 Å². The SMILES string of the molecule is CC[C@H](C)NC(=O)[C@H](CC)N(Cc1ccc(OC)cc1)C(=O)CN(c1cc(Cl)ccc1OC)S(=O)(=O)c1ccc(C)cc1. The number of nitrogens with one attached hydrogen (secondary N) is 1. The molecule has 0 aliphatic carbocycles. The lowest BCUT2D eigenvalue weighted by molar-refractivity contribution is -0.140. The summed E-state index contributed by atoms with van der Waals surface area (Å²) in [5.41, 5.74) is 1.73. The molecule has 232 valence electrons. The van der Waals surface area contributed by atoms with Crippen molar-refractivity contribution in [2.24, 2.45) is 0 Å². The molecule has 0 radical (unpaired) electrons. The maximum atomic E-state index is 14.3. The van der Waals surface area contributed by atoms with Crippen LogP contribution in [0.4, 0.5) is 5.69 Å². The van der Waals surface area contributed by atoms with Crippen molar-refractivity contribution in [3.63, 3.8) is 0 Å². The first-order valence-corrected chi connectivity index (χ1v) is 15.9. The second kappa shape index (κ2) is 15.1. The number of hydrogen-bond donors (Lipinski definition) is 1. The van der Waals surface area contributed by atoms with E-state index in [-0.39, 0.29) is 39.8 Å². The lowest BCUT2D eigenvalue weighted by Gasteiger charge is -2.34. The Bertz CT molecular complexity index is 1500. The fourth-order valence-corrected chi connectivity index (χ4v) is 6.08. The Morgan fingerprint density at radius 2 is 1.58 bits per heavy atom. The van der Waals surface area contributed by atoms with Crippen molar-refractivity contribution in [3.05, 3.63) is 82.9 Å². The number of rotatable bonds is 14. The largest absolute Gasteiger partial charge is 0.497 e. The second-order valence-corrected chi connectivity index (χ2v) is 12.6. The van der Waals surface area contributed by atoms with Crippen LogP contribution in [0.5, 0.6) is 11.5 Å². The standard InChI is InChI=1S/C32H40ClN3O6S/c1-7-23(4)34-32(38)28(8-2)35(20-24-11-14-26(41-5)15-12-24)31(37)21-36(29-19-25(33)13-18-30(29)42-6)43(39,40)27-16-9-22(3)10-17-27/h9-19,23,28H,7-8,20-21H2,1-6H3,(H,34,38)/t23-,28-/m0/s1. The minimum Gasteiger partial charge on any atom is -0.497 e. The smallest absolute Gasteiger partial charge is 0.264 e. The summed E-state index contributed by atoms with van der Waals surface area (Å²) < 4.78 is 40.0. The molecular weight excluding hydrogens is 590 g/mol. The first-order chi connectivity index (χ1) is 20.4. The number of benzene rings is 3. The highest BCUT2D eigenvalue weighted by Crippen LogP contribution is 2.35. The van der Waals surface area contributed by atoms with E-state index in [4.69, 9.17) is 21.1 Å². The van der Waals surface area contributed by atoms with Crippen molar-refractivity contribution in [1.82, 2.24) is 10.2 Å². The fraction of sp³-hybridized carbons (Fsp3) is 0.375. The van der Waals surface area contributed by atoms with Gasteiger partial charge in [0.2, 0.25) is 11.8 Å². The first-order valence-electron chi connectivity index (χ1n) is 14.1. The van der Waals surface area contributed by atoms with E-state index >= 15 is 0 Å². The Morgan fingerprint density at radius 3 is 2.14 bits per heavy atom. The van der Waals surface area contributed by atoms with Gasteiger partial charge in [0.1, 0.15) is 24.1 Å². The quantitative estimate of drug-likeness (QED) is 0.250. The van der Waals surface area contributed by atoms with E-state index in [2.05, 4.69) is 5.32 Å². The Morgan fingerprint density at radius 1 is 0.930 bits per heavy atom. The number of carbonyl (C=O) groups excluding carboxylic acids is 2. The molecule has 0 aliphatic rings. The molecule has 2 amide bonds. The van der Waals surface area contributed by atoms with Gasteiger partial charge in [0.05, 0.1) is 24.8 Å². The number of hydrogen-bond acceptors (Lipinski definition) is 6. The molecule has 3 rings (SSSR count). The zero-order valence-electron chi connectivity index (χ0n) is 25.5. The maximum Gasteiger partial charge on any atom is 0.264 e. The monoisotopic (exact) mass is 629 g/mol. The average molecular weight is 630 g/mol. The van der Waals surface area contributed by atoms with Crippen LogP contribution in [0.25, 0.3) is 0 Å². The van der Waals surface area contributed by atoms with Gasteiger partial charge in [-0.2, -0.15) is 0 Å². The van der Waals surface area contributed by atoms with Gasteiger partial charge in [-0.15, -0.1) is 0 Å². The van der Waals surface area contributed by atoms with Crippen LogP contribution >= 0.6 is 11.6 Å². The van der Waals surface area contributed by atoms with Gasteiger partial charge in [0, 0.05) is 17.6 Å². The first kappa shape index (κ1) is 33.7. The Balaban J connectivity index is 2.12. The number of anilines is 1. The van der Waals surface area contributed by atoms with Crippen LogP contribution in [-0.4, -0.2) is 58.0 Å². The lowest BCUT2D eigenvalue weighted by Crippen LogP contribution is -2.53. The highest BCUT2D eigenvalue weighted by Gasteiger charge is 2.35. The van der Waals surface area contributed by atoms with Crippen LogP contribution in [0.15, 0.2) is 71.6 Å². The topological polar surface area (TPSA) is 105 Å². The molecule has 1 N–H and O–H groups in total. The zero-order valence-corrected chi connectivity index (χ0v) is 27.0. The third kappa shape index (κ3) is 8.42. The summed E-state index contributed by atoms with van der Waals surface area (Å²) >= 11 is 6.31. The van der Waals surface area contributed by atoms with Crippen molar-refractivity contribution in [2.45, 2.75) is 64.1 Å². The minimum absolute atomic E-state index is 0.00353. The number of sulfonamides is 1. The second-order valence-electron chi connectivity index (χ2n) is 10.3. The number of ether oxygens (including phenoxy) is 2. The van der Waals surface area contributed by atoms with Crippen LogP contribution < -0.4 is 19.1 Å². The number of nitrogens with zero attached hydrogens (tertiary/aromatic N) is 2. The van der Waals surface area contributed by atoms with Crippen molar-refractivity contribution in [1.29, 1.82) is 0 Å². The molecule has 0 unspecified atom stereocenters. The highest BCUT2D eigenvalue weighted by molar-refractivity contribution is 7.92. The maximum absolute atomic E-state index is 14.3. The lowest BCUT2D eigenvalue weighted by atomic mass is 10.1. The van der Waals surface area contributed by atoms with Crippen molar-refractivity contribution < 1.29 is 27.5 Å². The molecule has 9 nitrogen and oxygen atoms in total. The van der Waals surface area contributed by atoms with E-state index in [1.165, 1.54) is 30.2 Å². The fourth-order valence-electron chi connectivity index (χ4n) is 4.50. The molecule has 0 bridgehead atoms. The molecule has 0 spiro atoms. The number of halogens is 1. The van der Waals surface area contributed by atoms with Crippen LogP contribution in [-0.2, 0) is 26.2 Å². The Labute approximate surface area is 259 Å². The van der Waals surface area contributed by atoms with Gasteiger partial charge >= 0.3 is 0 Å². The minimum atomic E-state index is -4.28. The van der Waals surface area contributed by atoms with Gasteiger partial charge in [-0.3, -0.25) is 13.9 Å². The number of amides is 2. The van der Waals surface area contributed by atoms with Crippen LogP contribution in [0.2, 0.25) is 5.02 Å². The van der Waals surface area contributed by atoms with Crippen molar-refractivity contribution >= 4 is 39.1 Å². The van der Waals surface area contributed by atoms with Gasteiger partial charge in [0.25, 0.3) is 10.0 Å². The van der Waals surface area contributed by atoms with Crippen LogP contribution in [0.3, 0.4) is 0 Å². The summed E-state index contributed by atoms with van der Waals surface area (Å²) in [6.07, 6.45) is 1.03. The molecule has 11 heteroatoms. The molecule has 0 aliphatic heterocycles. The van der Waals surface area contributed by atoms with E-state index in [0.29, 0.717) is 18.6 Å². The number of aryl methyl sites for hydroxylation is 1. The van der Waals surface area contributed by atoms with E-state index < -0.39 is 28.5 Å². The summed E-state index contributed by atoms with van der Waals surface area (Å²) in [4.78, 5) is 29.1. The summed E-state index contributed by atoms with van der Waals surface area (Å²) in [6, 6.07) is 17.1. The third-order valence-corrected chi connectivity index (χ3v) is 9.21. The molecule has 0 saturated carbocycles. The molecule has 0 aromatic heterocycles. The molecule has 3 aromatic carbocycles. The predicted octanol–water partition coefficient (Wildman–Crippen LogP) is 5.58. The predicted molar refractivity (Wildman–Crippen MR) is 169 cm³/mol. The van der Waals surface area contributed by atoms with E-state index in [9.17, 15) is 18.0 Å². The molecule has 43 heavy (non-hydrogen) atoms.